The normalized spacial score (nSPS) is 12.4. The van der Waals surface area contributed by atoms with Gasteiger partial charge in [-0.1, -0.05) is 68.5 Å². The van der Waals surface area contributed by atoms with E-state index >= 15 is 0 Å². The van der Waals surface area contributed by atoms with Gasteiger partial charge in [-0.15, -0.1) is 0 Å². The maximum atomic E-state index is 12.4. The van der Waals surface area contributed by atoms with Crippen LogP contribution in [0.15, 0.2) is 71.8 Å². The summed E-state index contributed by atoms with van der Waals surface area (Å²) < 4.78 is 0. The van der Waals surface area contributed by atoms with Crippen molar-refractivity contribution in [1.29, 1.82) is 0 Å². The first-order valence-electron chi connectivity index (χ1n) is 8.97. The molecule has 0 radical (unpaired) electrons. The van der Waals surface area contributed by atoms with Crippen molar-refractivity contribution in [2.45, 2.75) is 26.3 Å². The van der Waals surface area contributed by atoms with Crippen molar-refractivity contribution in [2.24, 2.45) is 11.0 Å². The highest BCUT2D eigenvalue weighted by Crippen LogP contribution is 2.07. The molecule has 5 nitrogen and oxygen atoms in total. The Morgan fingerprint density at radius 2 is 1.63 bits per heavy atom. The van der Waals surface area contributed by atoms with Gasteiger partial charge < -0.3 is 5.32 Å². The molecule has 2 amide bonds. The molecule has 2 aromatic carbocycles. The van der Waals surface area contributed by atoms with E-state index in [1.165, 1.54) is 6.21 Å². The van der Waals surface area contributed by atoms with E-state index in [0.29, 0.717) is 12.0 Å². The number of nitrogens with zero attached hydrogens (tertiary/aromatic N) is 1. The van der Waals surface area contributed by atoms with Gasteiger partial charge in [-0.3, -0.25) is 9.59 Å². The molecule has 0 spiro atoms. The van der Waals surface area contributed by atoms with Crippen molar-refractivity contribution < 1.29 is 9.59 Å². The predicted molar refractivity (Wildman–Crippen MR) is 109 cm³/mol. The molecule has 0 heterocycles. The van der Waals surface area contributed by atoms with Gasteiger partial charge in [0.05, 0.1) is 0 Å². The SMILES string of the molecule is CC(C)C[C@H](NC(=O)c1ccccc1)C(=O)N/N=C\C=C\c1ccccc1. The zero-order chi connectivity index (χ0) is 19.5. The van der Waals surface area contributed by atoms with Crippen LogP contribution in [-0.2, 0) is 4.79 Å². The monoisotopic (exact) mass is 363 g/mol. The number of carbonyl (C=O) groups is 2. The molecule has 2 aromatic rings. The summed E-state index contributed by atoms with van der Waals surface area (Å²) in [7, 11) is 0. The quantitative estimate of drug-likeness (QED) is 0.555. The third-order valence-corrected chi connectivity index (χ3v) is 3.79. The molecule has 140 valence electrons. The van der Waals surface area contributed by atoms with E-state index in [0.717, 1.165) is 5.56 Å². The summed E-state index contributed by atoms with van der Waals surface area (Å²) in [4.78, 5) is 24.7. The molecule has 0 aliphatic carbocycles. The summed E-state index contributed by atoms with van der Waals surface area (Å²) in [6.45, 7) is 4.00. The lowest BCUT2D eigenvalue weighted by atomic mass is 10.0. The lowest BCUT2D eigenvalue weighted by Gasteiger charge is -2.18. The molecular weight excluding hydrogens is 338 g/mol. The zero-order valence-corrected chi connectivity index (χ0v) is 15.6. The fourth-order valence-corrected chi connectivity index (χ4v) is 2.47. The first kappa shape index (κ1) is 20.1. The van der Waals surface area contributed by atoms with Gasteiger partial charge in [-0.05, 0) is 36.1 Å². The maximum absolute atomic E-state index is 12.4. The summed E-state index contributed by atoms with van der Waals surface area (Å²) in [5.74, 6) is -0.361. The summed E-state index contributed by atoms with van der Waals surface area (Å²) in [6, 6.07) is 18.0. The average molecular weight is 363 g/mol. The largest absolute Gasteiger partial charge is 0.340 e. The molecule has 2 N–H and O–H groups in total. The fourth-order valence-electron chi connectivity index (χ4n) is 2.47. The van der Waals surface area contributed by atoms with Crippen molar-refractivity contribution >= 4 is 24.1 Å². The van der Waals surface area contributed by atoms with Crippen molar-refractivity contribution in [1.82, 2.24) is 10.7 Å². The first-order chi connectivity index (χ1) is 13.1. The number of allylic oxidation sites excluding steroid dienone is 1. The van der Waals surface area contributed by atoms with Crippen LogP contribution in [0.25, 0.3) is 6.08 Å². The van der Waals surface area contributed by atoms with Crippen molar-refractivity contribution in [2.75, 3.05) is 0 Å². The van der Waals surface area contributed by atoms with Gasteiger partial charge in [0, 0.05) is 11.8 Å². The van der Waals surface area contributed by atoms with Crippen molar-refractivity contribution in [3.63, 3.8) is 0 Å². The molecule has 27 heavy (non-hydrogen) atoms. The Kier molecular flexibility index (Phi) is 7.97. The second-order valence-corrected chi connectivity index (χ2v) is 6.55. The molecule has 5 heteroatoms. The van der Waals surface area contributed by atoms with Crippen LogP contribution >= 0.6 is 0 Å². The minimum atomic E-state index is -0.645. The average Bonchev–Trinajstić information content (AvgIpc) is 2.68. The van der Waals surface area contributed by atoms with Gasteiger partial charge in [0.15, 0.2) is 0 Å². The van der Waals surface area contributed by atoms with Crippen LogP contribution in [0.2, 0.25) is 0 Å². The van der Waals surface area contributed by atoms with Crippen LogP contribution in [0, 0.1) is 5.92 Å². The molecule has 0 fully saturated rings. The first-order valence-corrected chi connectivity index (χ1v) is 8.97. The van der Waals surface area contributed by atoms with E-state index in [-0.39, 0.29) is 17.7 Å². The summed E-state index contributed by atoms with van der Waals surface area (Å²) >= 11 is 0. The number of rotatable bonds is 8. The summed E-state index contributed by atoms with van der Waals surface area (Å²) in [5.41, 5.74) is 4.06. The molecule has 0 unspecified atom stereocenters. The topological polar surface area (TPSA) is 70.6 Å². The van der Waals surface area contributed by atoms with Crippen molar-refractivity contribution in [3.05, 3.63) is 77.9 Å². The third-order valence-electron chi connectivity index (χ3n) is 3.79. The molecule has 0 aromatic heterocycles. The Morgan fingerprint density at radius 3 is 2.26 bits per heavy atom. The van der Waals surface area contributed by atoms with Gasteiger partial charge in [-0.2, -0.15) is 5.10 Å². The second kappa shape index (κ2) is 10.7. The van der Waals surface area contributed by atoms with E-state index in [1.807, 2.05) is 56.3 Å². The lowest BCUT2D eigenvalue weighted by Crippen LogP contribution is -2.46. The molecule has 0 aliphatic heterocycles. The number of carbonyl (C=O) groups excluding carboxylic acids is 2. The van der Waals surface area contributed by atoms with E-state index < -0.39 is 6.04 Å². The molecule has 0 aliphatic rings. The van der Waals surface area contributed by atoms with Crippen LogP contribution in [-0.4, -0.2) is 24.1 Å². The molecule has 0 bridgehead atoms. The van der Waals surface area contributed by atoms with Gasteiger partial charge in [0.1, 0.15) is 6.04 Å². The highest BCUT2D eigenvalue weighted by atomic mass is 16.2. The van der Waals surface area contributed by atoms with E-state index in [9.17, 15) is 9.59 Å². The van der Waals surface area contributed by atoms with Gasteiger partial charge in [0.25, 0.3) is 11.8 Å². The minimum Gasteiger partial charge on any atom is -0.340 e. The van der Waals surface area contributed by atoms with Gasteiger partial charge >= 0.3 is 0 Å². The Morgan fingerprint density at radius 1 is 1.00 bits per heavy atom. The Balaban J connectivity index is 1.92. The van der Waals surface area contributed by atoms with Gasteiger partial charge in [-0.25, -0.2) is 5.43 Å². The molecule has 0 saturated carbocycles. The molecular formula is C22H25N3O2. The van der Waals surface area contributed by atoms with Crippen LogP contribution < -0.4 is 10.7 Å². The van der Waals surface area contributed by atoms with E-state index in [2.05, 4.69) is 15.8 Å². The minimum absolute atomic E-state index is 0.249. The van der Waals surface area contributed by atoms with Crippen molar-refractivity contribution in [3.8, 4) is 0 Å². The second-order valence-electron chi connectivity index (χ2n) is 6.55. The number of hydrazone groups is 1. The third kappa shape index (κ3) is 7.28. The summed E-state index contributed by atoms with van der Waals surface area (Å²) in [6.07, 6.45) is 5.67. The number of hydrogen-bond donors (Lipinski definition) is 2. The number of hydrogen-bond acceptors (Lipinski definition) is 3. The Hall–Kier alpha value is -3.21. The zero-order valence-electron chi connectivity index (χ0n) is 15.6. The van der Waals surface area contributed by atoms with E-state index in [1.54, 1.807) is 30.3 Å². The summed E-state index contributed by atoms with van der Waals surface area (Å²) in [5, 5.41) is 6.72. The highest BCUT2D eigenvalue weighted by Gasteiger charge is 2.22. The molecule has 2 rings (SSSR count). The van der Waals surface area contributed by atoms with Crippen LogP contribution in [0.3, 0.4) is 0 Å². The van der Waals surface area contributed by atoms with Crippen LogP contribution in [0.5, 0.6) is 0 Å². The predicted octanol–water partition coefficient (Wildman–Crippen LogP) is 3.65. The van der Waals surface area contributed by atoms with Crippen LogP contribution in [0.4, 0.5) is 0 Å². The Bertz CT molecular complexity index is 784. The Labute approximate surface area is 160 Å². The number of amides is 2. The number of nitrogens with one attached hydrogen (secondary N) is 2. The standard InChI is InChI=1S/C22H25N3O2/c1-17(2)16-20(24-21(26)19-13-7-4-8-14-19)22(27)25-23-15-9-12-18-10-5-3-6-11-18/h3-15,17,20H,16H2,1-2H3,(H,24,26)(H,25,27)/b12-9+,23-15-/t20-/m0/s1. The van der Waals surface area contributed by atoms with Crippen LogP contribution in [0.1, 0.15) is 36.2 Å². The highest BCUT2D eigenvalue weighted by molar-refractivity contribution is 5.97. The molecule has 1 atom stereocenters. The van der Waals surface area contributed by atoms with Gasteiger partial charge in [0.2, 0.25) is 0 Å². The van der Waals surface area contributed by atoms with E-state index in [4.69, 9.17) is 0 Å². The lowest BCUT2D eigenvalue weighted by molar-refractivity contribution is -0.123. The molecule has 0 saturated heterocycles. The number of benzene rings is 2. The smallest absolute Gasteiger partial charge is 0.262 e. The maximum Gasteiger partial charge on any atom is 0.262 e. The fraction of sp³-hybridized carbons (Fsp3) is 0.227.